The normalized spacial score (nSPS) is 19.1. The van der Waals surface area contributed by atoms with Gasteiger partial charge in [0.25, 0.3) is 0 Å². The highest BCUT2D eigenvalue weighted by atomic mass is 35.5. The van der Waals surface area contributed by atoms with Crippen molar-refractivity contribution in [2.24, 2.45) is 0 Å². The summed E-state index contributed by atoms with van der Waals surface area (Å²) < 4.78 is 111. The van der Waals surface area contributed by atoms with Gasteiger partial charge in [-0.1, -0.05) is 60.1 Å². The molecule has 446 valence electrons. The van der Waals surface area contributed by atoms with Crippen LogP contribution >= 0.6 is 11.6 Å². The van der Waals surface area contributed by atoms with E-state index in [0.29, 0.717) is 43.4 Å². The molecular weight excluding hydrogens is 1100 g/mol. The van der Waals surface area contributed by atoms with Crippen LogP contribution in [0.2, 0.25) is 5.02 Å². The van der Waals surface area contributed by atoms with Crippen LogP contribution in [0.15, 0.2) is 97.6 Å². The van der Waals surface area contributed by atoms with Crippen molar-refractivity contribution in [3.8, 4) is 44.9 Å². The van der Waals surface area contributed by atoms with Crippen LogP contribution in [0.5, 0.6) is 11.5 Å². The molecule has 14 nitrogen and oxygen atoms in total. The molecule has 0 amide bonds. The van der Waals surface area contributed by atoms with Crippen molar-refractivity contribution in [2.45, 2.75) is 179 Å². The van der Waals surface area contributed by atoms with Gasteiger partial charge in [0.2, 0.25) is 11.2 Å². The molecule has 1 fully saturated rings. The van der Waals surface area contributed by atoms with Gasteiger partial charge in [0.15, 0.2) is 0 Å². The Kier molecular flexibility index (Phi) is 17.8. The zero-order valence-electron chi connectivity index (χ0n) is 48.2. The van der Waals surface area contributed by atoms with Gasteiger partial charge in [0.05, 0.1) is 71.1 Å². The first-order valence-electron chi connectivity index (χ1n) is 26.9. The number of alkyl halides is 6. The lowest BCUT2D eigenvalue weighted by Gasteiger charge is -2.32. The molecule has 2 aliphatic carbocycles. The molecule has 0 bridgehead atoms. The van der Waals surface area contributed by atoms with E-state index in [1.54, 1.807) is 96.7 Å². The average molecular weight is 1170 g/mol. The number of nitrogens with zero attached hydrogens (tertiary/aromatic N) is 4. The Hall–Kier alpha value is -5.49. The summed E-state index contributed by atoms with van der Waals surface area (Å²) in [6.07, 6.45) is -1.20. The predicted molar refractivity (Wildman–Crippen MR) is 301 cm³/mol. The van der Waals surface area contributed by atoms with E-state index in [1.165, 1.54) is 59.4 Å². The quantitative estimate of drug-likeness (QED) is 0.0306. The molecule has 3 heterocycles. The van der Waals surface area contributed by atoms with Crippen LogP contribution in [0.3, 0.4) is 0 Å². The minimum Gasteiger partial charge on any atom is -0.494 e. The highest BCUT2D eigenvalue weighted by Gasteiger charge is 2.63. The highest BCUT2D eigenvalue weighted by Crippen LogP contribution is 2.59. The third-order valence-corrected chi connectivity index (χ3v) is 14.9. The second kappa shape index (κ2) is 22.8. The van der Waals surface area contributed by atoms with Crippen LogP contribution in [-0.4, -0.2) is 116 Å². The lowest BCUT2D eigenvalue weighted by Crippen LogP contribution is -2.41. The van der Waals surface area contributed by atoms with E-state index in [9.17, 15) is 57.0 Å². The number of aromatic nitrogens is 4. The van der Waals surface area contributed by atoms with Crippen LogP contribution in [0, 0.1) is 0 Å². The lowest BCUT2D eigenvalue weighted by atomic mass is 9.82. The maximum atomic E-state index is 14.4. The molecule has 0 unspecified atom stereocenters. The van der Waals surface area contributed by atoms with E-state index in [-0.39, 0.29) is 92.0 Å². The topological polar surface area (TPSA) is 194 Å². The minimum atomic E-state index is -4.98. The molecule has 0 radical (unpaired) electrons. The molecule has 0 spiro atoms. The van der Waals surface area contributed by atoms with Crippen molar-refractivity contribution < 1.29 is 75.8 Å². The maximum absolute atomic E-state index is 14.4. The van der Waals surface area contributed by atoms with Crippen molar-refractivity contribution in [3.05, 3.63) is 125 Å². The number of halogens is 7. The van der Waals surface area contributed by atoms with E-state index < -0.39 is 53.1 Å². The first-order chi connectivity index (χ1) is 37.6. The molecule has 1 saturated heterocycles. The zero-order chi connectivity index (χ0) is 61.0. The summed E-state index contributed by atoms with van der Waals surface area (Å²) in [5.41, 5.74) is -8.95. The number of benzene rings is 4. The number of hydrogen-bond donors (Lipinski definition) is 6. The van der Waals surface area contributed by atoms with Gasteiger partial charge in [-0.25, -0.2) is 0 Å². The van der Waals surface area contributed by atoms with Gasteiger partial charge in [0.1, 0.15) is 11.5 Å². The molecule has 1 aliphatic heterocycles. The van der Waals surface area contributed by atoms with E-state index in [0.717, 1.165) is 5.46 Å². The summed E-state index contributed by atoms with van der Waals surface area (Å²) in [5.74, 6) is 0.315. The van der Waals surface area contributed by atoms with Crippen LogP contribution in [0.25, 0.3) is 33.4 Å². The average Bonchev–Trinajstić information content (AvgIpc) is 2.64. The zero-order valence-corrected chi connectivity index (χ0v) is 49.0. The summed E-state index contributed by atoms with van der Waals surface area (Å²) >= 11 is 6.27. The first-order valence-corrected chi connectivity index (χ1v) is 27.3. The number of aliphatic hydroxyl groups is 6. The lowest BCUT2D eigenvalue weighted by molar-refractivity contribution is -0.247. The first kappa shape index (κ1) is 64.1. The van der Waals surface area contributed by atoms with Gasteiger partial charge in [-0.2, -0.15) is 36.5 Å². The molecule has 82 heavy (non-hydrogen) atoms. The fraction of sp³-hybridized carbons (Fsp3) is 0.500. The standard InChI is InChI=1S/C27H31F3N2O4.C20H20ClF3O3.C13H23BN2O3/c1-24(2,33)10-7-11-36-18-12-20(17-14-31-32(15-17)16-25(3,4)34)23-19-8-5-6-9-21(19)26(35,22(23)13-18)27(28,29)30;1-18(2,25)8-5-9-27-12-10-15-17(16(21)11-12)13-6-3-4-7-14(13)19(15,26)20(22,23)24;1-11(2,17)9-16-8-10(7-15-16)14-18-12(3,4)13(5,6)19-14/h5-6,8-9,12-15,33-35H,7,10-11,16H2,1-4H3;3-4,6-7,10-11,25-26H,5,8-9H2,1-2H3;7-8,17H,9H2,1-6H3/t26-;19-;/m11./s1. The molecule has 22 heteroatoms. The Bertz CT molecular complexity index is 3210. The Morgan fingerprint density at radius 3 is 1.41 bits per heavy atom. The smallest absolute Gasteiger partial charge is 0.494 e. The van der Waals surface area contributed by atoms with E-state index in [4.69, 9.17) is 30.4 Å². The fourth-order valence-electron chi connectivity index (χ4n) is 10.00. The van der Waals surface area contributed by atoms with Crippen molar-refractivity contribution in [1.82, 2.24) is 19.6 Å². The Balaban J connectivity index is 0.000000186. The summed E-state index contributed by atoms with van der Waals surface area (Å²) in [6, 6.07) is 17.3. The van der Waals surface area contributed by atoms with Gasteiger partial charge in [-0.05, 0) is 155 Å². The second-order valence-corrected chi connectivity index (χ2v) is 25.3. The highest BCUT2D eigenvalue weighted by molar-refractivity contribution is 6.62. The fourth-order valence-corrected chi connectivity index (χ4v) is 10.3. The summed E-state index contributed by atoms with van der Waals surface area (Å²) in [7, 11) is -0.402. The molecule has 2 aromatic heterocycles. The third kappa shape index (κ3) is 14.0. The summed E-state index contributed by atoms with van der Waals surface area (Å²) in [4.78, 5) is 0. The monoisotopic (exact) mass is 1170 g/mol. The Morgan fingerprint density at radius 2 is 0.963 bits per heavy atom. The summed E-state index contributed by atoms with van der Waals surface area (Å²) in [5, 5.41) is 70.1. The number of ether oxygens (including phenoxy) is 2. The molecular formula is C60H74BClF6N4O10. The van der Waals surface area contributed by atoms with Crippen LogP contribution in [0.4, 0.5) is 26.3 Å². The molecule has 4 aromatic carbocycles. The van der Waals surface area contributed by atoms with Crippen LogP contribution in [0.1, 0.15) is 131 Å². The van der Waals surface area contributed by atoms with E-state index in [1.807, 2.05) is 33.9 Å². The molecule has 9 rings (SSSR count). The van der Waals surface area contributed by atoms with Gasteiger partial charge in [0, 0.05) is 57.4 Å². The maximum Gasteiger partial charge on any atom is 0.498 e. The number of fused-ring (bicyclic) bond motifs is 6. The van der Waals surface area contributed by atoms with Crippen molar-refractivity contribution in [3.63, 3.8) is 0 Å². The molecule has 0 saturated carbocycles. The summed E-state index contributed by atoms with van der Waals surface area (Å²) in [6.45, 7) is 22.5. The van der Waals surface area contributed by atoms with Gasteiger partial charge >= 0.3 is 19.5 Å². The van der Waals surface area contributed by atoms with Gasteiger partial charge in [-0.3, -0.25) is 9.36 Å². The van der Waals surface area contributed by atoms with Crippen LogP contribution < -0.4 is 14.9 Å². The van der Waals surface area contributed by atoms with Gasteiger partial charge < -0.3 is 49.4 Å². The van der Waals surface area contributed by atoms with E-state index in [2.05, 4.69) is 10.2 Å². The van der Waals surface area contributed by atoms with E-state index >= 15 is 0 Å². The Labute approximate surface area is 479 Å². The van der Waals surface area contributed by atoms with Gasteiger partial charge in [-0.15, -0.1) is 0 Å². The minimum absolute atomic E-state index is 0.0811. The second-order valence-electron chi connectivity index (χ2n) is 24.9. The van der Waals surface area contributed by atoms with Crippen molar-refractivity contribution in [1.29, 1.82) is 0 Å². The largest absolute Gasteiger partial charge is 0.498 e. The number of hydrogen-bond acceptors (Lipinski definition) is 12. The van der Waals surface area contributed by atoms with Crippen molar-refractivity contribution >= 4 is 24.2 Å². The molecule has 6 aromatic rings. The molecule has 2 atom stereocenters. The van der Waals surface area contributed by atoms with Crippen molar-refractivity contribution in [2.75, 3.05) is 13.2 Å². The third-order valence-electron chi connectivity index (χ3n) is 14.6. The predicted octanol–water partition coefficient (Wildman–Crippen LogP) is 11.0. The molecule has 6 N–H and O–H groups in total. The van der Waals surface area contributed by atoms with Crippen LogP contribution in [-0.2, 0) is 33.6 Å². The Morgan fingerprint density at radius 1 is 0.549 bits per heavy atom. The SMILES string of the molecule is CC(C)(O)CCCOc1cc(-c2cnn(CC(C)(C)O)c2)c2c(c1)[C@@](O)(C(F)(F)F)c1ccccc1-2.CC(C)(O)CCCOc1cc(Cl)c2c(c1)[C@@](O)(C(F)(F)F)c1ccccc1-2.CC(C)(O)Cn1cc(B2OC(C)(C)C(C)(C)O2)cn1. The number of rotatable bonds is 16. The molecule has 3 aliphatic rings.